The largest absolute Gasteiger partial charge is 0.454 e. The third kappa shape index (κ3) is 4.35. The van der Waals surface area contributed by atoms with Gasteiger partial charge in [0, 0.05) is 22.1 Å². The molecule has 1 aromatic heterocycles. The van der Waals surface area contributed by atoms with Crippen molar-refractivity contribution in [3.63, 3.8) is 0 Å². The lowest BCUT2D eigenvalue weighted by Gasteiger charge is -2.26. The molecule has 8 aromatic carbocycles. The van der Waals surface area contributed by atoms with E-state index in [1.54, 1.807) is 0 Å². The zero-order chi connectivity index (χ0) is 30.5. The molecule has 216 valence electrons. The van der Waals surface area contributed by atoms with E-state index in [1.165, 1.54) is 43.8 Å². The van der Waals surface area contributed by atoms with Crippen LogP contribution in [0.1, 0.15) is 0 Å². The van der Waals surface area contributed by atoms with Crippen molar-refractivity contribution >= 4 is 60.5 Å². The standard InChI is InChI=1S/C44H29NO/c1-3-12-30(13-4-1)32-22-25-35(26-23-32)45(36-27-24-31-14-7-8-17-34(31)28-36)41-21-11-20-39-43-38-19-10-9-18-37(38)40(29-42(43)46-44(39)41)33-15-5-2-6-16-33/h1-29H. The van der Waals surface area contributed by atoms with Gasteiger partial charge < -0.3 is 9.32 Å². The van der Waals surface area contributed by atoms with Gasteiger partial charge in [-0.2, -0.15) is 0 Å². The summed E-state index contributed by atoms with van der Waals surface area (Å²) in [6, 6.07) is 62.5. The van der Waals surface area contributed by atoms with Crippen molar-refractivity contribution in [3.05, 3.63) is 176 Å². The smallest absolute Gasteiger partial charge is 0.159 e. The Labute approximate surface area is 267 Å². The minimum Gasteiger partial charge on any atom is -0.454 e. The molecule has 0 radical (unpaired) electrons. The van der Waals surface area contributed by atoms with E-state index in [-0.39, 0.29) is 0 Å². The number of furan rings is 1. The lowest BCUT2D eigenvalue weighted by atomic mass is 9.95. The van der Waals surface area contributed by atoms with Gasteiger partial charge in [-0.1, -0.05) is 140 Å². The predicted octanol–water partition coefficient (Wildman–Crippen LogP) is 12.7. The Kier molecular flexibility index (Phi) is 6.17. The highest BCUT2D eigenvalue weighted by atomic mass is 16.3. The number of hydrogen-bond donors (Lipinski definition) is 0. The van der Waals surface area contributed by atoms with E-state index >= 15 is 0 Å². The molecule has 9 rings (SSSR count). The quantitative estimate of drug-likeness (QED) is 0.199. The molecule has 0 saturated heterocycles. The van der Waals surface area contributed by atoms with Crippen molar-refractivity contribution in [1.29, 1.82) is 0 Å². The van der Waals surface area contributed by atoms with Crippen LogP contribution in [0, 0.1) is 0 Å². The van der Waals surface area contributed by atoms with E-state index in [2.05, 4.69) is 181 Å². The first-order chi connectivity index (χ1) is 22.8. The van der Waals surface area contributed by atoms with Gasteiger partial charge in [-0.15, -0.1) is 0 Å². The molecule has 0 amide bonds. The molecule has 0 aliphatic rings. The van der Waals surface area contributed by atoms with Crippen molar-refractivity contribution in [2.45, 2.75) is 0 Å². The minimum atomic E-state index is 0.869. The number of anilines is 3. The van der Waals surface area contributed by atoms with Gasteiger partial charge in [0.05, 0.1) is 5.69 Å². The van der Waals surface area contributed by atoms with Crippen LogP contribution >= 0.6 is 0 Å². The molecule has 0 fully saturated rings. The zero-order valence-corrected chi connectivity index (χ0v) is 25.1. The summed E-state index contributed by atoms with van der Waals surface area (Å²) in [5, 5.41) is 7.07. The second-order valence-corrected chi connectivity index (χ2v) is 11.7. The van der Waals surface area contributed by atoms with Crippen molar-refractivity contribution in [2.24, 2.45) is 0 Å². The molecule has 9 aromatic rings. The summed E-state index contributed by atoms with van der Waals surface area (Å²) in [5.41, 5.74) is 9.64. The van der Waals surface area contributed by atoms with E-state index in [9.17, 15) is 0 Å². The van der Waals surface area contributed by atoms with Gasteiger partial charge >= 0.3 is 0 Å². The summed E-state index contributed by atoms with van der Waals surface area (Å²) in [4.78, 5) is 2.33. The number of para-hydroxylation sites is 1. The Morgan fingerprint density at radius 2 is 1.00 bits per heavy atom. The van der Waals surface area contributed by atoms with Crippen molar-refractivity contribution in [3.8, 4) is 22.3 Å². The van der Waals surface area contributed by atoms with Gasteiger partial charge in [0.25, 0.3) is 0 Å². The summed E-state index contributed by atoms with van der Waals surface area (Å²) >= 11 is 0. The molecule has 0 N–H and O–H groups in total. The number of nitrogens with zero attached hydrogens (tertiary/aromatic N) is 1. The van der Waals surface area contributed by atoms with Crippen LogP contribution in [0.4, 0.5) is 17.1 Å². The van der Waals surface area contributed by atoms with Gasteiger partial charge in [0.1, 0.15) is 5.58 Å². The molecule has 0 unspecified atom stereocenters. The third-order valence-electron chi connectivity index (χ3n) is 9.03. The lowest BCUT2D eigenvalue weighted by Crippen LogP contribution is -2.10. The Balaban J connectivity index is 1.30. The van der Waals surface area contributed by atoms with Gasteiger partial charge in [0.2, 0.25) is 0 Å². The van der Waals surface area contributed by atoms with E-state index in [0.29, 0.717) is 0 Å². The normalized spacial score (nSPS) is 11.5. The maximum Gasteiger partial charge on any atom is 0.159 e. The monoisotopic (exact) mass is 587 g/mol. The van der Waals surface area contributed by atoms with Crippen LogP contribution in [0.25, 0.3) is 65.7 Å². The average Bonchev–Trinajstić information content (AvgIpc) is 3.52. The number of hydrogen-bond acceptors (Lipinski definition) is 2. The molecule has 0 saturated carbocycles. The maximum absolute atomic E-state index is 6.92. The first-order valence-electron chi connectivity index (χ1n) is 15.7. The van der Waals surface area contributed by atoms with E-state index in [4.69, 9.17) is 4.42 Å². The molecule has 0 atom stereocenters. The van der Waals surface area contributed by atoms with Crippen molar-refractivity contribution in [2.75, 3.05) is 4.90 Å². The van der Waals surface area contributed by atoms with Gasteiger partial charge in [-0.05, 0) is 80.2 Å². The summed E-state index contributed by atoms with van der Waals surface area (Å²) in [6.07, 6.45) is 0. The topological polar surface area (TPSA) is 16.4 Å². The molecule has 0 aliphatic carbocycles. The fourth-order valence-electron chi connectivity index (χ4n) is 6.86. The highest BCUT2D eigenvalue weighted by Gasteiger charge is 2.21. The van der Waals surface area contributed by atoms with Crippen molar-refractivity contribution < 1.29 is 4.42 Å². The van der Waals surface area contributed by atoms with E-state index in [0.717, 1.165) is 39.0 Å². The van der Waals surface area contributed by atoms with Gasteiger partial charge in [-0.3, -0.25) is 0 Å². The SMILES string of the molecule is c1ccc(-c2ccc(N(c3ccc4ccccc4c3)c3cccc4c3oc3cc(-c5ccccc5)c5ccccc5c34)cc2)cc1. The summed E-state index contributed by atoms with van der Waals surface area (Å²) in [5.74, 6) is 0. The Hall–Kier alpha value is -6.12. The highest BCUT2D eigenvalue weighted by Crippen LogP contribution is 2.46. The van der Waals surface area contributed by atoms with E-state index < -0.39 is 0 Å². The fraction of sp³-hybridized carbons (Fsp3) is 0. The number of benzene rings is 8. The Bertz CT molecular complexity index is 2510. The summed E-state index contributed by atoms with van der Waals surface area (Å²) < 4.78 is 6.92. The van der Waals surface area contributed by atoms with Crippen LogP contribution < -0.4 is 4.90 Å². The number of fused-ring (bicyclic) bond motifs is 6. The molecule has 0 bridgehead atoms. The average molecular weight is 588 g/mol. The predicted molar refractivity (Wildman–Crippen MR) is 194 cm³/mol. The van der Waals surface area contributed by atoms with E-state index in [1.807, 2.05) is 0 Å². The molecule has 0 spiro atoms. The van der Waals surface area contributed by atoms with Gasteiger partial charge in [0.15, 0.2) is 5.58 Å². The second kappa shape index (κ2) is 10.8. The first kappa shape index (κ1) is 26.3. The maximum atomic E-state index is 6.92. The summed E-state index contributed by atoms with van der Waals surface area (Å²) in [7, 11) is 0. The molecule has 2 nitrogen and oxygen atoms in total. The zero-order valence-electron chi connectivity index (χ0n) is 25.1. The summed E-state index contributed by atoms with van der Waals surface area (Å²) in [6.45, 7) is 0. The van der Waals surface area contributed by atoms with Crippen LogP contribution in [0.2, 0.25) is 0 Å². The lowest BCUT2D eigenvalue weighted by molar-refractivity contribution is 0.669. The van der Waals surface area contributed by atoms with Gasteiger partial charge in [-0.25, -0.2) is 0 Å². The minimum absolute atomic E-state index is 0.869. The molecular weight excluding hydrogens is 558 g/mol. The molecule has 46 heavy (non-hydrogen) atoms. The van der Waals surface area contributed by atoms with Crippen LogP contribution in [-0.2, 0) is 0 Å². The first-order valence-corrected chi connectivity index (χ1v) is 15.7. The Morgan fingerprint density at radius 3 is 1.78 bits per heavy atom. The third-order valence-corrected chi connectivity index (χ3v) is 9.03. The fourth-order valence-corrected chi connectivity index (χ4v) is 6.86. The molecule has 1 heterocycles. The molecular formula is C44H29NO. The van der Waals surface area contributed by atoms with Crippen molar-refractivity contribution in [1.82, 2.24) is 0 Å². The van der Waals surface area contributed by atoms with Crippen LogP contribution in [0.3, 0.4) is 0 Å². The second-order valence-electron chi connectivity index (χ2n) is 11.7. The molecule has 2 heteroatoms. The number of rotatable bonds is 5. The van der Waals surface area contributed by atoms with Crippen LogP contribution in [0.15, 0.2) is 180 Å². The van der Waals surface area contributed by atoms with Crippen LogP contribution in [0.5, 0.6) is 0 Å². The Morgan fingerprint density at radius 1 is 0.391 bits per heavy atom. The highest BCUT2D eigenvalue weighted by molar-refractivity contribution is 6.23. The van der Waals surface area contributed by atoms with Crippen LogP contribution in [-0.4, -0.2) is 0 Å². The molecule has 0 aliphatic heterocycles.